The van der Waals surface area contributed by atoms with Crippen LogP contribution in [0.15, 0.2) is 71.8 Å². The quantitative estimate of drug-likeness (QED) is 0.243. The van der Waals surface area contributed by atoms with Crippen molar-refractivity contribution in [3.8, 4) is 11.5 Å². The molecule has 0 atom stereocenters. The number of rotatable bonds is 10. The normalized spacial score (nSPS) is 10.7. The maximum Gasteiger partial charge on any atom is 0.249 e. The van der Waals surface area contributed by atoms with Gasteiger partial charge in [-0.1, -0.05) is 23.7 Å². The highest BCUT2D eigenvalue weighted by molar-refractivity contribution is 6.30. The molecular weight excluding hydrogens is 461 g/mol. The molecule has 0 radical (unpaired) electrons. The Kier molecular flexibility index (Phi) is 8.99. The van der Waals surface area contributed by atoms with Crippen LogP contribution in [-0.4, -0.2) is 24.6 Å². The predicted octanol–water partition coefficient (Wildman–Crippen LogP) is 4.94. The van der Waals surface area contributed by atoms with E-state index in [0.717, 1.165) is 5.56 Å². The lowest BCUT2D eigenvalue weighted by Gasteiger charge is -2.12. The van der Waals surface area contributed by atoms with Gasteiger partial charge in [-0.3, -0.25) is 9.59 Å². The first kappa shape index (κ1) is 24.7. The molecule has 0 unspecified atom stereocenters. The molecule has 3 rings (SSSR count). The Morgan fingerprint density at radius 2 is 1.71 bits per heavy atom. The third-order valence-corrected chi connectivity index (χ3v) is 4.68. The van der Waals surface area contributed by atoms with Crippen molar-refractivity contribution >= 4 is 35.3 Å². The van der Waals surface area contributed by atoms with E-state index in [1.165, 1.54) is 30.5 Å². The summed E-state index contributed by atoms with van der Waals surface area (Å²) in [6.07, 6.45) is 0.998. The molecule has 7 nitrogen and oxygen atoms in total. The summed E-state index contributed by atoms with van der Waals surface area (Å²) in [4.78, 5) is 23.9. The number of nitrogens with zero attached hydrogens (tertiary/aromatic N) is 1. The number of nitrogens with one attached hydrogen (secondary N) is 2. The third-order valence-electron chi connectivity index (χ3n) is 4.43. The fourth-order valence-electron chi connectivity index (χ4n) is 2.84. The van der Waals surface area contributed by atoms with Crippen molar-refractivity contribution in [2.24, 2.45) is 5.10 Å². The van der Waals surface area contributed by atoms with Crippen molar-refractivity contribution in [1.29, 1.82) is 0 Å². The Morgan fingerprint density at radius 1 is 0.971 bits per heavy atom. The maximum atomic E-state index is 12.9. The Labute approximate surface area is 201 Å². The minimum atomic E-state index is -0.594. The molecule has 0 bridgehead atoms. The average molecular weight is 484 g/mol. The lowest BCUT2D eigenvalue weighted by Crippen LogP contribution is -2.24. The Bertz CT molecular complexity index is 1150. The van der Waals surface area contributed by atoms with E-state index in [-0.39, 0.29) is 0 Å². The summed E-state index contributed by atoms with van der Waals surface area (Å²) in [6.45, 7) is 2.65. The first-order chi connectivity index (χ1) is 16.4. The molecule has 176 valence electrons. The van der Waals surface area contributed by atoms with Gasteiger partial charge in [0.2, 0.25) is 11.8 Å². The van der Waals surface area contributed by atoms with E-state index in [2.05, 4.69) is 15.8 Å². The molecule has 9 heteroatoms. The second-order valence-electron chi connectivity index (χ2n) is 7.08. The van der Waals surface area contributed by atoms with Crippen molar-refractivity contribution in [3.63, 3.8) is 0 Å². The third kappa shape index (κ3) is 7.90. The van der Waals surface area contributed by atoms with Crippen LogP contribution in [0.25, 0.3) is 0 Å². The van der Waals surface area contributed by atoms with Crippen molar-refractivity contribution in [2.45, 2.75) is 20.0 Å². The molecule has 0 spiro atoms. The van der Waals surface area contributed by atoms with Gasteiger partial charge in [0, 0.05) is 10.7 Å². The molecule has 0 saturated heterocycles. The predicted molar refractivity (Wildman–Crippen MR) is 129 cm³/mol. The molecule has 2 amide bonds. The van der Waals surface area contributed by atoms with Gasteiger partial charge in [-0.05, 0) is 72.6 Å². The smallest absolute Gasteiger partial charge is 0.249 e. The van der Waals surface area contributed by atoms with Crippen LogP contribution in [0.3, 0.4) is 0 Å². The molecule has 0 fully saturated rings. The molecule has 0 aliphatic rings. The monoisotopic (exact) mass is 483 g/mol. The number of anilines is 1. The van der Waals surface area contributed by atoms with Gasteiger partial charge in [0.1, 0.15) is 18.8 Å². The Balaban J connectivity index is 1.53. The van der Waals surface area contributed by atoms with Gasteiger partial charge in [0.05, 0.1) is 12.8 Å². The molecule has 2 N–H and O–H groups in total. The zero-order chi connectivity index (χ0) is 24.3. The highest BCUT2D eigenvalue weighted by Gasteiger charge is 2.10. The van der Waals surface area contributed by atoms with Crippen LogP contribution in [0.2, 0.25) is 5.02 Å². The first-order valence-electron chi connectivity index (χ1n) is 10.4. The zero-order valence-electron chi connectivity index (χ0n) is 18.4. The van der Waals surface area contributed by atoms with Gasteiger partial charge in [-0.2, -0.15) is 5.10 Å². The summed E-state index contributed by atoms with van der Waals surface area (Å²) in [5.41, 5.74) is 4.32. The Morgan fingerprint density at radius 3 is 2.41 bits per heavy atom. The topological polar surface area (TPSA) is 89.0 Å². The van der Waals surface area contributed by atoms with E-state index in [0.29, 0.717) is 41.0 Å². The SMILES string of the molecule is CCOc1cc(C=NNC(=O)CC(=O)Nc2ccc(F)cc2)ccc1OCc1ccc(Cl)cc1. The average Bonchev–Trinajstić information content (AvgIpc) is 2.81. The van der Waals surface area contributed by atoms with E-state index in [1.807, 2.05) is 19.1 Å². The first-order valence-corrected chi connectivity index (χ1v) is 10.8. The van der Waals surface area contributed by atoms with Crippen LogP contribution in [-0.2, 0) is 16.2 Å². The molecule has 0 heterocycles. The molecule has 0 aliphatic heterocycles. The van der Waals surface area contributed by atoms with Crippen molar-refractivity contribution < 1.29 is 23.5 Å². The number of hydrogen-bond acceptors (Lipinski definition) is 5. The maximum absolute atomic E-state index is 12.9. The largest absolute Gasteiger partial charge is 0.490 e. The van der Waals surface area contributed by atoms with E-state index in [4.69, 9.17) is 21.1 Å². The van der Waals surface area contributed by atoms with E-state index in [1.54, 1.807) is 30.3 Å². The number of ether oxygens (including phenoxy) is 2. The lowest BCUT2D eigenvalue weighted by molar-refractivity contribution is -0.126. The molecular formula is C25H23ClFN3O4. The van der Waals surface area contributed by atoms with Gasteiger partial charge in [0.15, 0.2) is 11.5 Å². The van der Waals surface area contributed by atoms with Crippen molar-refractivity contribution in [3.05, 3.63) is 88.7 Å². The van der Waals surface area contributed by atoms with Gasteiger partial charge in [-0.25, -0.2) is 9.82 Å². The van der Waals surface area contributed by atoms with Crippen molar-refractivity contribution in [2.75, 3.05) is 11.9 Å². The minimum Gasteiger partial charge on any atom is -0.490 e. The summed E-state index contributed by atoms with van der Waals surface area (Å²) in [6, 6.07) is 17.8. The van der Waals surface area contributed by atoms with Crippen LogP contribution >= 0.6 is 11.6 Å². The van der Waals surface area contributed by atoms with Crippen LogP contribution < -0.4 is 20.2 Å². The Hall–Kier alpha value is -3.91. The van der Waals surface area contributed by atoms with Crippen LogP contribution in [0, 0.1) is 5.82 Å². The lowest BCUT2D eigenvalue weighted by atomic mass is 10.2. The van der Waals surface area contributed by atoms with E-state index < -0.39 is 24.1 Å². The number of carbonyl (C=O) groups excluding carboxylic acids is 2. The number of hydrogen-bond donors (Lipinski definition) is 2. The summed E-state index contributed by atoms with van der Waals surface area (Å²) < 4.78 is 24.4. The minimum absolute atomic E-state index is 0.348. The van der Waals surface area contributed by atoms with Gasteiger partial charge in [0.25, 0.3) is 0 Å². The van der Waals surface area contributed by atoms with Gasteiger partial charge in [-0.15, -0.1) is 0 Å². The molecule has 3 aromatic carbocycles. The number of hydrazone groups is 1. The van der Waals surface area contributed by atoms with Gasteiger partial charge < -0.3 is 14.8 Å². The molecule has 3 aromatic rings. The van der Waals surface area contributed by atoms with E-state index in [9.17, 15) is 14.0 Å². The highest BCUT2D eigenvalue weighted by atomic mass is 35.5. The zero-order valence-corrected chi connectivity index (χ0v) is 19.1. The summed E-state index contributed by atoms with van der Waals surface area (Å²) in [5, 5.41) is 7.05. The highest BCUT2D eigenvalue weighted by Crippen LogP contribution is 2.29. The molecule has 0 aliphatic carbocycles. The number of benzene rings is 3. The standard InChI is InChI=1S/C25H23ClFN3O4/c1-2-33-23-13-18(5-12-22(23)34-16-17-3-6-19(26)7-4-17)15-28-30-25(32)14-24(31)29-21-10-8-20(27)9-11-21/h3-13,15H,2,14,16H2,1H3,(H,29,31)(H,30,32). The van der Waals surface area contributed by atoms with Crippen LogP contribution in [0.4, 0.5) is 10.1 Å². The van der Waals surface area contributed by atoms with Gasteiger partial charge >= 0.3 is 0 Å². The molecule has 0 saturated carbocycles. The fourth-order valence-corrected chi connectivity index (χ4v) is 2.96. The summed E-state index contributed by atoms with van der Waals surface area (Å²) in [5.74, 6) is -0.455. The second kappa shape index (κ2) is 12.4. The van der Waals surface area contributed by atoms with Crippen LogP contribution in [0.5, 0.6) is 11.5 Å². The van der Waals surface area contributed by atoms with Crippen LogP contribution in [0.1, 0.15) is 24.5 Å². The summed E-state index contributed by atoms with van der Waals surface area (Å²) >= 11 is 5.91. The molecule has 34 heavy (non-hydrogen) atoms. The molecule has 0 aromatic heterocycles. The van der Waals surface area contributed by atoms with E-state index >= 15 is 0 Å². The number of carbonyl (C=O) groups is 2. The summed E-state index contributed by atoms with van der Waals surface area (Å²) in [7, 11) is 0. The number of halogens is 2. The van der Waals surface area contributed by atoms with Crippen molar-refractivity contribution in [1.82, 2.24) is 5.43 Å². The fraction of sp³-hybridized carbons (Fsp3) is 0.160. The number of amides is 2. The second-order valence-corrected chi connectivity index (χ2v) is 7.52.